The first-order chi connectivity index (χ1) is 11.9. The average molecular weight is 342 g/mol. The zero-order valence-electron chi connectivity index (χ0n) is 15.0. The van der Waals surface area contributed by atoms with Crippen LogP contribution in [0.5, 0.6) is 0 Å². The summed E-state index contributed by atoms with van der Waals surface area (Å²) in [7, 11) is 0. The predicted molar refractivity (Wildman–Crippen MR) is 96.3 cm³/mol. The molecule has 25 heavy (non-hydrogen) atoms. The predicted octanol–water partition coefficient (Wildman–Crippen LogP) is 2.52. The summed E-state index contributed by atoms with van der Waals surface area (Å²) in [6.07, 6.45) is 6.35. The van der Waals surface area contributed by atoms with Crippen LogP contribution in [0.25, 0.3) is 5.57 Å². The fourth-order valence-corrected chi connectivity index (χ4v) is 2.94. The van der Waals surface area contributed by atoms with E-state index in [1.165, 1.54) is 6.42 Å². The number of aromatic nitrogens is 2. The van der Waals surface area contributed by atoms with Gasteiger partial charge in [-0.3, -0.25) is 9.48 Å². The molecule has 2 rings (SSSR count). The Morgan fingerprint density at radius 1 is 1.40 bits per heavy atom. The summed E-state index contributed by atoms with van der Waals surface area (Å²) < 4.78 is 1.64. The van der Waals surface area contributed by atoms with Crippen molar-refractivity contribution < 1.29 is 9.90 Å². The Morgan fingerprint density at radius 2 is 2.08 bits per heavy atom. The van der Waals surface area contributed by atoms with Crippen molar-refractivity contribution in [1.29, 1.82) is 5.26 Å². The third-order valence-corrected chi connectivity index (χ3v) is 4.76. The molecule has 6 nitrogen and oxygen atoms in total. The standard InChI is InChI=1S/C19H26N4O2/c1-14(10-20)9-18(24)16(3)15(2)17-11-21-23(12-17)13-19(25)22-7-5-4-6-8-22/h11-12,18,24H,1,4-9,13H2,2-3H3/b16-15-/t18-/m0/s1. The van der Waals surface area contributed by atoms with Gasteiger partial charge in [0.15, 0.2) is 0 Å². The normalized spacial score (nSPS) is 16.8. The number of rotatable bonds is 6. The van der Waals surface area contributed by atoms with Gasteiger partial charge in [-0.2, -0.15) is 10.4 Å². The van der Waals surface area contributed by atoms with E-state index in [0.29, 0.717) is 5.57 Å². The average Bonchev–Trinajstić information content (AvgIpc) is 3.09. The highest BCUT2D eigenvalue weighted by Gasteiger charge is 2.18. The van der Waals surface area contributed by atoms with Crippen molar-refractivity contribution in [1.82, 2.24) is 14.7 Å². The molecular formula is C19H26N4O2. The van der Waals surface area contributed by atoms with Crippen molar-refractivity contribution in [2.75, 3.05) is 13.1 Å². The number of hydrogen-bond donors (Lipinski definition) is 1. The smallest absolute Gasteiger partial charge is 0.244 e. The van der Waals surface area contributed by atoms with E-state index in [1.54, 1.807) is 10.9 Å². The van der Waals surface area contributed by atoms with Gasteiger partial charge < -0.3 is 10.0 Å². The van der Waals surface area contributed by atoms with Gasteiger partial charge in [0, 0.05) is 36.8 Å². The fraction of sp³-hybridized carbons (Fsp3) is 0.526. The topological polar surface area (TPSA) is 82.1 Å². The summed E-state index contributed by atoms with van der Waals surface area (Å²) in [4.78, 5) is 14.2. The Bertz CT molecular complexity index is 705. The number of carbonyl (C=O) groups excluding carboxylic acids is 1. The number of nitriles is 1. The second-order valence-corrected chi connectivity index (χ2v) is 6.61. The van der Waals surface area contributed by atoms with Gasteiger partial charge in [0.05, 0.1) is 18.4 Å². The van der Waals surface area contributed by atoms with E-state index in [1.807, 2.05) is 31.0 Å². The monoisotopic (exact) mass is 342 g/mol. The van der Waals surface area contributed by atoms with Crippen molar-refractivity contribution in [2.24, 2.45) is 0 Å². The number of aliphatic hydroxyl groups excluding tert-OH is 1. The first kappa shape index (κ1) is 18.9. The summed E-state index contributed by atoms with van der Waals surface area (Å²) in [5.41, 5.74) is 2.89. The van der Waals surface area contributed by atoms with Gasteiger partial charge in [-0.05, 0) is 44.3 Å². The minimum absolute atomic E-state index is 0.0954. The molecule has 0 aliphatic carbocycles. The van der Waals surface area contributed by atoms with E-state index in [9.17, 15) is 9.90 Å². The lowest BCUT2D eigenvalue weighted by molar-refractivity contribution is -0.132. The largest absolute Gasteiger partial charge is 0.388 e. The molecule has 0 saturated carbocycles. The zero-order valence-corrected chi connectivity index (χ0v) is 15.0. The van der Waals surface area contributed by atoms with Crippen LogP contribution in [-0.4, -0.2) is 44.9 Å². The molecule has 1 atom stereocenters. The molecule has 0 bridgehead atoms. The molecule has 0 spiro atoms. The molecule has 0 unspecified atom stereocenters. The van der Waals surface area contributed by atoms with Crippen LogP contribution in [0.1, 0.15) is 45.1 Å². The summed E-state index contributed by atoms with van der Waals surface area (Å²) >= 11 is 0. The summed E-state index contributed by atoms with van der Waals surface area (Å²) in [6, 6.07) is 1.95. The number of carbonyl (C=O) groups is 1. The van der Waals surface area contributed by atoms with Gasteiger partial charge in [0.25, 0.3) is 0 Å². The number of amides is 1. The Balaban J connectivity index is 2.03. The highest BCUT2D eigenvalue weighted by molar-refractivity contribution is 5.76. The fourth-order valence-electron chi connectivity index (χ4n) is 2.94. The SMILES string of the molecule is C=C(C#N)C[C@H](O)/C(C)=C(/C)c1cnn(CC(=O)N2CCCCC2)c1. The molecule has 1 aliphatic heterocycles. The Labute approximate surface area is 149 Å². The lowest BCUT2D eigenvalue weighted by atomic mass is 9.97. The molecule has 6 heteroatoms. The maximum absolute atomic E-state index is 12.3. The Morgan fingerprint density at radius 3 is 2.72 bits per heavy atom. The number of nitrogens with zero attached hydrogens (tertiary/aromatic N) is 4. The van der Waals surface area contributed by atoms with Crippen molar-refractivity contribution in [3.05, 3.63) is 35.7 Å². The van der Waals surface area contributed by atoms with Crippen molar-refractivity contribution >= 4 is 11.5 Å². The van der Waals surface area contributed by atoms with E-state index in [-0.39, 0.29) is 18.9 Å². The van der Waals surface area contributed by atoms with Crippen molar-refractivity contribution in [3.8, 4) is 6.07 Å². The quantitative estimate of drug-likeness (QED) is 0.805. The molecule has 0 radical (unpaired) electrons. The van der Waals surface area contributed by atoms with Crippen LogP contribution >= 0.6 is 0 Å². The van der Waals surface area contributed by atoms with Crippen LogP contribution in [0.3, 0.4) is 0 Å². The van der Waals surface area contributed by atoms with Gasteiger partial charge in [-0.25, -0.2) is 0 Å². The lowest BCUT2D eigenvalue weighted by Gasteiger charge is -2.26. The van der Waals surface area contributed by atoms with Gasteiger partial charge in [0.2, 0.25) is 5.91 Å². The van der Waals surface area contributed by atoms with E-state index in [2.05, 4.69) is 11.7 Å². The molecule has 1 aliphatic rings. The van der Waals surface area contributed by atoms with E-state index < -0.39 is 6.10 Å². The molecular weight excluding hydrogens is 316 g/mol. The van der Waals surface area contributed by atoms with E-state index in [4.69, 9.17) is 5.26 Å². The van der Waals surface area contributed by atoms with Crippen LogP contribution in [0.15, 0.2) is 30.1 Å². The Kier molecular flexibility index (Phi) is 6.54. The van der Waals surface area contributed by atoms with Crippen molar-refractivity contribution in [3.63, 3.8) is 0 Å². The first-order valence-electron chi connectivity index (χ1n) is 8.66. The van der Waals surface area contributed by atoms with Gasteiger partial charge in [-0.1, -0.05) is 6.58 Å². The number of aliphatic hydroxyl groups is 1. The van der Waals surface area contributed by atoms with E-state index >= 15 is 0 Å². The zero-order chi connectivity index (χ0) is 18.4. The second-order valence-electron chi connectivity index (χ2n) is 6.61. The second kappa shape index (κ2) is 8.63. The third kappa shape index (κ3) is 5.04. The lowest BCUT2D eigenvalue weighted by Crippen LogP contribution is -2.37. The highest BCUT2D eigenvalue weighted by Crippen LogP contribution is 2.22. The van der Waals surface area contributed by atoms with Gasteiger partial charge in [0.1, 0.15) is 6.54 Å². The van der Waals surface area contributed by atoms with Crippen LogP contribution in [-0.2, 0) is 11.3 Å². The molecule has 2 heterocycles. The van der Waals surface area contributed by atoms with Crippen LogP contribution in [0.2, 0.25) is 0 Å². The highest BCUT2D eigenvalue weighted by atomic mass is 16.3. The first-order valence-corrected chi connectivity index (χ1v) is 8.66. The van der Waals surface area contributed by atoms with Crippen LogP contribution in [0.4, 0.5) is 0 Å². The molecule has 1 fully saturated rings. The van der Waals surface area contributed by atoms with E-state index in [0.717, 1.165) is 42.6 Å². The summed E-state index contributed by atoms with van der Waals surface area (Å²) in [6.45, 7) is 9.25. The summed E-state index contributed by atoms with van der Waals surface area (Å²) in [5, 5.41) is 23.3. The molecule has 0 aromatic carbocycles. The Hall–Kier alpha value is -2.39. The van der Waals surface area contributed by atoms with Gasteiger partial charge in [-0.15, -0.1) is 0 Å². The maximum atomic E-state index is 12.3. The number of allylic oxidation sites excluding steroid dienone is 1. The molecule has 1 aromatic heterocycles. The molecule has 1 amide bonds. The molecule has 1 saturated heterocycles. The maximum Gasteiger partial charge on any atom is 0.244 e. The van der Waals surface area contributed by atoms with Crippen LogP contribution < -0.4 is 0 Å². The minimum atomic E-state index is -0.745. The minimum Gasteiger partial charge on any atom is -0.388 e. The molecule has 134 valence electrons. The number of hydrogen-bond acceptors (Lipinski definition) is 4. The third-order valence-electron chi connectivity index (χ3n) is 4.76. The van der Waals surface area contributed by atoms with Crippen molar-refractivity contribution in [2.45, 2.75) is 52.2 Å². The molecule has 1 aromatic rings. The summed E-state index contributed by atoms with van der Waals surface area (Å²) in [5.74, 6) is 0.0954. The number of piperidine rings is 1. The van der Waals surface area contributed by atoms with Crippen LogP contribution in [0, 0.1) is 11.3 Å². The number of likely N-dealkylation sites (tertiary alicyclic amines) is 1. The van der Waals surface area contributed by atoms with Gasteiger partial charge >= 0.3 is 0 Å². The molecule has 1 N–H and O–H groups in total.